The maximum Gasteiger partial charge on any atom is 0.258 e. The second-order valence-electron chi connectivity index (χ2n) is 2.75. The molecule has 0 unspecified atom stereocenters. The summed E-state index contributed by atoms with van der Waals surface area (Å²) in [5.41, 5.74) is 0.355. The van der Waals surface area contributed by atoms with Gasteiger partial charge in [-0.25, -0.2) is 0 Å². The molecule has 4 nitrogen and oxygen atoms in total. The van der Waals surface area contributed by atoms with E-state index in [1.807, 2.05) is 0 Å². The van der Waals surface area contributed by atoms with Gasteiger partial charge >= 0.3 is 0 Å². The van der Waals surface area contributed by atoms with Crippen molar-refractivity contribution in [3.05, 3.63) is 23.8 Å². The minimum absolute atomic E-state index is 0.0695. The van der Waals surface area contributed by atoms with Crippen molar-refractivity contribution >= 4 is 13.8 Å². The SMILES string of the molecule is [B]CNC(=O)c1c(OC)cccc1OC. The lowest BCUT2D eigenvalue weighted by molar-refractivity contribution is 0.0954. The van der Waals surface area contributed by atoms with Crippen molar-refractivity contribution in [3.8, 4) is 11.5 Å². The molecule has 1 aromatic carbocycles. The first kappa shape index (κ1) is 11.4. The third-order valence-electron chi connectivity index (χ3n) is 1.92. The molecule has 0 aliphatic carbocycles. The molecule has 0 aliphatic heterocycles. The van der Waals surface area contributed by atoms with Crippen molar-refractivity contribution in [1.29, 1.82) is 0 Å². The highest BCUT2D eigenvalue weighted by molar-refractivity contribution is 6.11. The van der Waals surface area contributed by atoms with E-state index in [0.29, 0.717) is 17.1 Å². The Labute approximate surface area is 90.0 Å². The van der Waals surface area contributed by atoms with Crippen LogP contribution in [0.1, 0.15) is 10.4 Å². The van der Waals surface area contributed by atoms with Crippen molar-refractivity contribution in [1.82, 2.24) is 5.32 Å². The van der Waals surface area contributed by atoms with Gasteiger partial charge in [0.15, 0.2) is 0 Å². The third-order valence-corrected chi connectivity index (χ3v) is 1.92. The van der Waals surface area contributed by atoms with E-state index >= 15 is 0 Å². The average molecular weight is 205 g/mol. The highest BCUT2D eigenvalue weighted by Crippen LogP contribution is 2.27. The Bertz CT molecular complexity index is 332. The fourth-order valence-electron chi connectivity index (χ4n) is 1.26. The molecule has 1 rings (SSSR count). The molecule has 15 heavy (non-hydrogen) atoms. The highest BCUT2D eigenvalue weighted by atomic mass is 16.5. The lowest BCUT2D eigenvalue weighted by Crippen LogP contribution is -2.25. The fourth-order valence-corrected chi connectivity index (χ4v) is 1.26. The topological polar surface area (TPSA) is 47.6 Å². The van der Waals surface area contributed by atoms with Crippen LogP contribution < -0.4 is 14.8 Å². The summed E-state index contributed by atoms with van der Waals surface area (Å²) in [5.74, 6) is 0.604. The number of carbonyl (C=O) groups excluding carboxylic acids is 1. The summed E-state index contributed by atoms with van der Waals surface area (Å²) in [5, 5.41) is 2.49. The van der Waals surface area contributed by atoms with Gasteiger partial charge in [0, 0.05) is 0 Å². The van der Waals surface area contributed by atoms with Gasteiger partial charge in [-0.15, -0.1) is 0 Å². The average Bonchev–Trinajstić information content (AvgIpc) is 2.28. The van der Waals surface area contributed by atoms with Crippen molar-refractivity contribution in [2.24, 2.45) is 0 Å². The summed E-state index contributed by atoms with van der Waals surface area (Å²) in [4.78, 5) is 11.7. The Balaban J connectivity index is 3.15. The molecule has 0 atom stereocenters. The molecular weight excluding hydrogens is 193 g/mol. The van der Waals surface area contributed by atoms with Crippen molar-refractivity contribution < 1.29 is 14.3 Å². The normalized spacial score (nSPS) is 9.47. The second-order valence-corrected chi connectivity index (χ2v) is 2.75. The zero-order valence-corrected chi connectivity index (χ0v) is 8.74. The molecule has 0 heterocycles. The van der Waals surface area contributed by atoms with E-state index in [0.717, 1.165) is 0 Å². The smallest absolute Gasteiger partial charge is 0.258 e. The monoisotopic (exact) mass is 205 g/mol. The molecule has 0 spiro atoms. The largest absolute Gasteiger partial charge is 0.496 e. The van der Waals surface area contributed by atoms with Crippen molar-refractivity contribution in [3.63, 3.8) is 0 Å². The lowest BCUT2D eigenvalue weighted by Gasteiger charge is -2.12. The maximum absolute atomic E-state index is 11.7. The fraction of sp³-hybridized carbons (Fsp3) is 0.300. The Morgan fingerprint density at radius 2 is 1.87 bits per heavy atom. The van der Waals surface area contributed by atoms with Crippen LogP contribution >= 0.6 is 0 Å². The molecule has 0 saturated heterocycles. The molecule has 5 heteroatoms. The molecule has 1 aromatic rings. The Morgan fingerprint density at radius 3 is 2.27 bits per heavy atom. The number of benzene rings is 1. The number of methoxy groups -OCH3 is 2. The molecule has 0 saturated carbocycles. The molecule has 1 amide bonds. The number of hydrogen-bond donors (Lipinski definition) is 1. The van der Waals surface area contributed by atoms with Crippen LogP contribution in [0.3, 0.4) is 0 Å². The summed E-state index contributed by atoms with van der Waals surface area (Å²) in [6, 6.07) is 5.12. The van der Waals surface area contributed by atoms with Crippen molar-refractivity contribution in [2.45, 2.75) is 0 Å². The summed E-state index contributed by atoms with van der Waals surface area (Å²) >= 11 is 0. The van der Waals surface area contributed by atoms with E-state index in [2.05, 4.69) is 5.32 Å². The van der Waals surface area contributed by atoms with Crippen LogP contribution in [0.2, 0.25) is 0 Å². The first-order chi connectivity index (χ1) is 7.24. The van der Waals surface area contributed by atoms with E-state index in [-0.39, 0.29) is 12.4 Å². The predicted octanol–water partition coefficient (Wildman–Crippen LogP) is 0.560. The van der Waals surface area contributed by atoms with Gasteiger partial charge in [0.25, 0.3) is 5.91 Å². The quantitative estimate of drug-likeness (QED) is 0.730. The first-order valence-electron chi connectivity index (χ1n) is 4.43. The lowest BCUT2D eigenvalue weighted by atomic mass is 10.1. The van der Waals surface area contributed by atoms with E-state index < -0.39 is 0 Å². The standard InChI is InChI=1S/C10H12BNO3/c1-14-7-4-3-5-8(15-2)9(7)10(13)12-6-11/h3-5H,6H2,1-2H3,(H,12,13). The predicted molar refractivity (Wildman–Crippen MR) is 57.6 cm³/mol. The van der Waals surface area contributed by atoms with Gasteiger partial charge < -0.3 is 14.8 Å². The van der Waals surface area contributed by atoms with E-state index in [1.54, 1.807) is 18.2 Å². The summed E-state index contributed by atoms with van der Waals surface area (Å²) in [7, 11) is 8.22. The number of hydrogen-bond acceptors (Lipinski definition) is 3. The summed E-state index contributed by atoms with van der Waals surface area (Å²) < 4.78 is 10.1. The summed E-state index contributed by atoms with van der Waals surface area (Å²) in [6.07, 6.45) is 0.0695. The molecule has 0 aromatic heterocycles. The number of ether oxygens (including phenoxy) is 2. The van der Waals surface area contributed by atoms with Gasteiger partial charge in [-0.1, -0.05) is 6.07 Å². The van der Waals surface area contributed by atoms with Crippen molar-refractivity contribution in [2.75, 3.05) is 20.7 Å². The summed E-state index contributed by atoms with van der Waals surface area (Å²) in [6.45, 7) is 0. The zero-order valence-electron chi connectivity index (χ0n) is 8.74. The van der Waals surface area contributed by atoms with Crippen LogP contribution in [0, 0.1) is 0 Å². The first-order valence-corrected chi connectivity index (χ1v) is 4.43. The molecular formula is C10H12BNO3. The van der Waals surface area contributed by atoms with Gasteiger partial charge in [0.05, 0.1) is 22.1 Å². The van der Waals surface area contributed by atoms with Gasteiger partial charge in [0.2, 0.25) is 0 Å². The Kier molecular flexibility index (Phi) is 4.03. The van der Waals surface area contributed by atoms with Gasteiger partial charge in [-0.2, -0.15) is 0 Å². The van der Waals surface area contributed by atoms with E-state index in [9.17, 15) is 4.79 Å². The molecule has 2 radical (unpaired) electrons. The number of carbonyl (C=O) groups is 1. The molecule has 0 aliphatic rings. The van der Waals surface area contributed by atoms with Gasteiger partial charge in [-0.3, -0.25) is 4.79 Å². The molecule has 78 valence electrons. The van der Waals surface area contributed by atoms with E-state index in [1.165, 1.54) is 14.2 Å². The third kappa shape index (κ3) is 2.43. The van der Waals surface area contributed by atoms with Crippen LogP contribution in [-0.4, -0.2) is 34.4 Å². The second kappa shape index (κ2) is 5.29. The maximum atomic E-state index is 11.7. The molecule has 1 N–H and O–H groups in total. The van der Waals surface area contributed by atoms with Crippen LogP contribution in [0.4, 0.5) is 0 Å². The zero-order chi connectivity index (χ0) is 11.3. The van der Waals surface area contributed by atoms with Crippen LogP contribution in [-0.2, 0) is 0 Å². The minimum Gasteiger partial charge on any atom is -0.496 e. The van der Waals surface area contributed by atoms with Gasteiger partial charge in [0.1, 0.15) is 17.1 Å². The van der Waals surface area contributed by atoms with Crippen LogP contribution in [0.5, 0.6) is 11.5 Å². The van der Waals surface area contributed by atoms with E-state index in [4.69, 9.17) is 17.3 Å². The number of nitrogens with one attached hydrogen (secondary N) is 1. The number of amides is 1. The Hall–Kier alpha value is -1.65. The molecule has 0 bridgehead atoms. The van der Waals surface area contributed by atoms with Gasteiger partial charge in [-0.05, 0) is 18.6 Å². The Morgan fingerprint density at radius 1 is 1.33 bits per heavy atom. The number of rotatable bonds is 4. The minimum atomic E-state index is -0.313. The van der Waals surface area contributed by atoms with Crippen LogP contribution in [0.15, 0.2) is 18.2 Å². The highest BCUT2D eigenvalue weighted by Gasteiger charge is 2.16. The molecule has 0 fully saturated rings. The van der Waals surface area contributed by atoms with Crippen LogP contribution in [0.25, 0.3) is 0 Å².